The quantitative estimate of drug-likeness (QED) is 0.539. The van der Waals surface area contributed by atoms with Gasteiger partial charge >= 0.3 is 5.97 Å². The van der Waals surface area contributed by atoms with Crippen molar-refractivity contribution < 1.29 is 19.0 Å². The molecule has 0 unspecified atom stereocenters. The minimum absolute atomic E-state index is 0.228. The van der Waals surface area contributed by atoms with Crippen molar-refractivity contribution in [3.63, 3.8) is 0 Å². The van der Waals surface area contributed by atoms with Crippen LogP contribution in [-0.4, -0.2) is 26.1 Å². The number of para-hydroxylation sites is 1. The van der Waals surface area contributed by atoms with E-state index in [1.807, 2.05) is 36.4 Å². The minimum Gasteiger partial charge on any atom is -0.493 e. The first-order chi connectivity index (χ1) is 13.2. The molecule has 0 bridgehead atoms. The molecule has 0 spiro atoms. The van der Waals surface area contributed by atoms with Gasteiger partial charge in [-0.3, -0.25) is 0 Å². The van der Waals surface area contributed by atoms with Crippen molar-refractivity contribution in [3.05, 3.63) is 64.9 Å². The Bertz CT molecular complexity index is 882. The van der Waals surface area contributed by atoms with Crippen LogP contribution in [0.5, 0.6) is 11.5 Å². The van der Waals surface area contributed by atoms with Gasteiger partial charge in [-0.05, 0) is 42.7 Å². The maximum Gasteiger partial charge on any atom is 0.363 e. The van der Waals surface area contributed by atoms with Crippen molar-refractivity contribution in [2.24, 2.45) is 4.99 Å². The molecule has 0 aliphatic carbocycles. The number of benzene rings is 2. The van der Waals surface area contributed by atoms with E-state index in [-0.39, 0.29) is 5.70 Å². The van der Waals surface area contributed by atoms with Gasteiger partial charge in [-0.15, -0.1) is 0 Å². The van der Waals surface area contributed by atoms with Crippen molar-refractivity contribution in [1.82, 2.24) is 0 Å². The van der Waals surface area contributed by atoms with E-state index in [2.05, 4.69) is 11.9 Å². The lowest BCUT2D eigenvalue weighted by molar-refractivity contribution is -0.129. The molecule has 1 aliphatic heterocycles. The van der Waals surface area contributed by atoms with E-state index in [1.165, 1.54) is 5.56 Å². The largest absolute Gasteiger partial charge is 0.493 e. The van der Waals surface area contributed by atoms with Gasteiger partial charge in [0.05, 0.1) is 14.2 Å². The highest BCUT2D eigenvalue weighted by Gasteiger charge is 2.24. The summed E-state index contributed by atoms with van der Waals surface area (Å²) in [5, 5.41) is 0. The summed E-state index contributed by atoms with van der Waals surface area (Å²) in [6.07, 6.45) is 5.01. The van der Waals surface area contributed by atoms with Crippen LogP contribution in [0.25, 0.3) is 6.08 Å². The van der Waals surface area contributed by atoms with E-state index in [4.69, 9.17) is 14.2 Å². The predicted molar refractivity (Wildman–Crippen MR) is 105 cm³/mol. The molecular formula is C22H23NO4. The molecule has 5 heteroatoms. The van der Waals surface area contributed by atoms with Gasteiger partial charge in [-0.2, -0.15) is 0 Å². The van der Waals surface area contributed by atoms with Gasteiger partial charge in [0.15, 0.2) is 17.2 Å². The fraction of sp³-hybridized carbons (Fsp3) is 0.273. The highest BCUT2D eigenvalue weighted by atomic mass is 16.6. The molecule has 3 rings (SSSR count). The Labute approximate surface area is 159 Å². The number of aliphatic imine (C=N–C) groups is 1. The van der Waals surface area contributed by atoms with Crippen LogP contribution in [-0.2, 0) is 16.0 Å². The van der Waals surface area contributed by atoms with Crippen molar-refractivity contribution in [2.75, 3.05) is 14.2 Å². The third kappa shape index (κ3) is 4.19. The van der Waals surface area contributed by atoms with Gasteiger partial charge < -0.3 is 14.2 Å². The number of esters is 1. The smallest absolute Gasteiger partial charge is 0.363 e. The average molecular weight is 365 g/mol. The summed E-state index contributed by atoms with van der Waals surface area (Å²) in [6.45, 7) is 2.17. The molecule has 5 nitrogen and oxygen atoms in total. The Kier molecular flexibility index (Phi) is 5.91. The van der Waals surface area contributed by atoms with Crippen LogP contribution in [0, 0.1) is 0 Å². The zero-order valence-electron chi connectivity index (χ0n) is 15.8. The number of unbranched alkanes of at least 4 members (excludes halogenated alkanes) is 1. The maximum atomic E-state index is 12.2. The predicted octanol–water partition coefficient (Wildman–Crippen LogP) is 4.39. The second-order valence-electron chi connectivity index (χ2n) is 6.22. The molecule has 2 aromatic rings. The SMILES string of the molecule is CCCCc1ccc(C2=N/C(=C\c3cccc(OC)c3OC)C(=O)O2)cc1. The first-order valence-corrected chi connectivity index (χ1v) is 8.99. The van der Waals surface area contributed by atoms with Gasteiger partial charge in [0.1, 0.15) is 0 Å². The molecule has 140 valence electrons. The minimum atomic E-state index is -0.482. The van der Waals surface area contributed by atoms with Crippen molar-refractivity contribution >= 4 is 17.9 Å². The van der Waals surface area contributed by atoms with E-state index >= 15 is 0 Å². The molecule has 1 aliphatic rings. The van der Waals surface area contributed by atoms with Crippen molar-refractivity contribution in [1.29, 1.82) is 0 Å². The van der Waals surface area contributed by atoms with E-state index in [9.17, 15) is 4.79 Å². The van der Waals surface area contributed by atoms with Crippen molar-refractivity contribution in [2.45, 2.75) is 26.2 Å². The molecule has 0 amide bonds. The molecular weight excluding hydrogens is 342 g/mol. The highest BCUT2D eigenvalue weighted by Crippen LogP contribution is 2.33. The number of methoxy groups -OCH3 is 2. The number of carbonyl (C=O) groups excluding carboxylic acids is 1. The first kappa shape index (κ1) is 18.7. The van der Waals surface area contributed by atoms with Crippen LogP contribution in [0.1, 0.15) is 36.5 Å². The summed E-state index contributed by atoms with van der Waals surface area (Å²) in [6, 6.07) is 13.4. The van der Waals surface area contributed by atoms with E-state index in [1.54, 1.807) is 26.4 Å². The van der Waals surface area contributed by atoms with Crippen LogP contribution in [0.4, 0.5) is 0 Å². The van der Waals surface area contributed by atoms with Crippen LogP contribution in [0.2, 0.25) is 0 Å². The molecule has 0 saturated carbocycles. The lowest BCUT2D eigenvalue weighted by atomic mass is 10.1. The highest BCUT2D eigenvalue weighted by molar-refractivity contribution is 6.13. The number of rotatable bonds is 7. The third-order valence-corrected chi connectivity index (χ3v) is 4.37. The monoisotopic (exact) mass is 365 g/mol. The number of nitrogens with zero attached hydrogens (tertiary/aromatic N) is 1. The summed E-state index contributed by atoms with van der Waals surface area (Å²) >= 11 is 0. The number of aryl methyl sites for hydroxylation is 1. The first-order valence-electron chi connectivity index (χ1n) is 8.99. The van der Waals surface area contributed by atoms with E-state index in [0.717, 1.165) is 24.8 Å². The fourth-order valence-corrected chi connectivity index (χ4v) is 2.90. The topological polar surface area (TPSA) is 57.1 Å². The van der Waals surface area contributed by atoms with Crippen LogP contribution in [0.3, 0.4) is 0 Å². The summed E-state index contributed by atoms with van der Waals surface area (Å²) in [7, 11) is 3.13. The maximum absolute atomic E-state index is 12.2. The number of cyclic esters (lactones) is 1. The van der Waals surface area contributed by atoms with Gasteiger partial charge in [-0.25, -0.2) is 9.79 Å². The second-order valence-corrected chi connectivity index (χ2v) is 6.22. The lowest BCUT2D eigenvalue weighted by Crippen LogP contribution is -2.05. The molecule has 0 N–H and O–H groups in total. The number of hydrogen-bond donors (Lipinski definition) is 0. The summed E-state index contributed by atoms with van der Waals surface area (Å²) < 4.78 is 16.0. The summed E-state index contributed by atoms with van der Waals surface area (Å²) in [5.74, 6) is 0.967. The Hall–Kier alpha value is -3.08. The zero-order valence-corrected chi connectivity index (χ0v) is 15.8. The second kappa shape index (κ2) is 8.54. The third-order valence-electron chi connectivity index (χ3n) is 4.37. The van der Waals surface area contributed by atoms with Gasteiger partial charge in [0, 0.05) is 11.1 Å². The standard InChI is InChI=1S/C22H23NO4/c1-4-5-7-15-10-12-16(13-11-15)21-23-18(22(24)27-21)14-17-8-6-9-19(25-2)20(17)26-3/h6,8-14H,4-5,7H2,1-3H3/b18-14-. The Balaban J connectivity index is 1.87. The fourth-order valence-electron chi connectivity index (χ4n) is 2.90. The number of ether oxygens (including phenoxy) is 3. The zero-order chi connectivity index (χ0) is 19.2. The summed E-state index contributed by atoms with van der Waals surface area (Å²) in [5.41, 5.74) is 2.97. The number of carbonyl (C=O) groups is 1. The van der Waals surface area contributed by atoms with Crippen molar-refractivity contribution in [3.8, 4) is 11.5 Å². The molecule has 0 radical (unpaired) electrons. The molecule has 1 heterocycles. The van der Waals surface area contributed by atoms with Crippen LogP contribution < -0.4 is 9.47 Å². The molecule has 0 saturated heterocycles. The molecule has 2 aromatic carbocycles. The lowest BCUT2D eigenvalue weighted by Gasteiger charge is -2.09. The Morgan fingerprint density at radius 1 is 1.07 bits per heavy atom. The number of hydrogen-bond acceptors (Lipinski definition) is 5. The van der Waals surface area contributed by atoms with Gasteiger partial charge in [0.25, 0.3) is 0 Å². The van der Waals surface area contributed by atoms with Crippen LogP contribution >= 0.6 is 0 Å². The normalized spacial score (nSPS) is 14.9. The molecule has 0 aromatic heterocycles. The van der Waals surface area contributed by atoms with Gasteiger partial charge in [0.2, 0.25) is 5.90 Å². The molecule has 27 heavy (non-hydrogen) atoms. The molecule has 0 atom stereocenters. The average Bonchev–Trinajstić information content (AvgIpc) is 3.06. The van der Waals surface area contributed by atoms with E-state index < -0.39 is 5.97 Å². The Morgan fingerprint density at radius 2 is 1.85 bits per heavy atom. The van der Waals surface area contributed by atoms with Crippen LogP contribution in [0.15, 0.2) is 53.2 Å². The van der Waals surface area contributed by atoms with Gasteiger partial charge in [-0.1, -0.05) is 37.6 Å². The van der Waals surface area contributed by atoms with E-state index in [0.29, 0.717) is 23.0 Å². The Morgan fingerprint density at radius 3 is 2.52 bits per heavy atom. The summed E-state index contributed by atoms with van der Waals surface area (Å²) in [4.78, 5) is 16.6. The molecule has 0 fully saturated rings.